The van der Waals surface area contributed by atoms with Crippen LogP contribution in [-0.2, 0) is 16.6 Å². The van der Waals surface area contributed by atoms with Gasteiger partial charge in [-0.05, 0) is 38.3 Å². The number of pyridine rings is 1. The minimum absolute atomic E-state index is 0.00747. The number of sulfonamides is 1. The van der Waals surface area contributed by atoms with Crippen LogP contribution in [0.15, 0.2) is 23.4 Å². The molecule has 2 unspecified atom stereocenters. The monoisotopic (exact) mass is 284 g/mol. The molecular weight excluding hydrogens is 264 g/mol. The molecule has 1 N–H and O–H groups in total. The number of nitrogens with zero attached hydrogens (tertiary/aromatic N) is 2. The van der Waals surface area contributed by atoms with E-state index in [0.717, 1.165) is 19.3 Å². The van der Waals surface area contributed by atoms with Crippen LogP contribution in [0.4, 0.5) is 0 Å². The van der Waals surface area contributed by atoms with Crippen molar-refractivity contribution >= 4 is 10.0 Å². The topological polar surface area (TPSA) is 70.5 Å². The first kappa shape index (κ1) is 14.4. The molecule has 0 aliphatic carbocycles. The van der Waals surface area contributed by atoms with Crippen molar-refractivity contribution in [2.24, 2.45) is 0 Å². The summed E-state index contributed by atoms with van der Waals surface area (Å²) in [6.07, 6.45) is 4.24. The summed E-state index contributed by atoms with van der Waals surface area (Å²) >= 11 is 0. The maximum Gasteiger partial charge on any atom is 0.261 e. The lowest BCUT2D eigenvalue weighted by Crippen LogP contribution is -2.47. The highest BCUT2D eigenvalue weighted by Gasteiger charge is 2.36. The number of hydrogen-bond donors (Lipinski definition) is 1. The Balaban J connectivity index is 2.34. The first-order valence-electron chi connectivity index (χ1n) is 6.56. The van der Waals surface area contributed by atoms with E-state index in [1.807, 2.05) is 13.8 Å². The van der Waals surface area contributed by atoms with Gasteiger partial charge < -0.3 is 5.11 Å². The summed E-state index contributed by atoms with van der Waals surface area (Å²) in [6, 6.07) is 3.08. The molecule has 1 aromatic heterocycles. The number of hydrogen-bond acceptors (Lipinski definition) is 4. The van der Waals surface area contributed by atoms with E-state index in [9.17, 15) is 8.42 Å². The van der Waals surface area contributed by atoms with Gasteiger partial charge in [-0.3, -0.25) is 0 Å². The molecule has 2 rings (SSSR count). The predicted molar refractivity (Wildman–Crippen MR) is 72.0 cm³/mol. The summed E-state index contributed by atoms with van der Waals surface area (Å²) < 4.78 is 26.8. The van der Waals surface area contributed by atoms with Crippen LogP contribution in [0.1, 0.15) is 38.7 Å². The van der Waals surface area contributed by atoms with Crippen LogP contribution in [0.3, 0.4) is 0 Å². The van der Waals surface area contributed by atoms with Crippen molar-refractivity contribution in [3.05, 3.63) is 23.9 Å². The largest absolute Gasteiger partial charge is 0.392 e. The minimum Gasteiger partial charge on any atom is -0.392 e. The van der Waals surface area contributed by atoms with E-state index < -0.39 is 10.0 Å². The summed E-state index contributed by atoms with van der Waals surface area (Å²) in [5.41, 5.74) is 0.610. The van der Waals surface area contributed by atoms with Gasteiger partial charge in [-0.1, -0.05) is 12.5 Å². The summed E-state index contributed by atoms with van der Waals surface area (Å²) in [4.78, 5) is 3.98. The Morgan fingerprint density at radius 2 is 1.95 bits per heavy atom. The van der Waals surface area contributed by atoms with Gasteiger partial charge in [-0.2, -0.15) is 4.31 Å². The molecule has 0 saturated carbocycles. The van der Waals surface area contributed by atoms with Gasteiger partial charge in [0.05, 0.1) is 6.61 Å². The molecule has 1 aliphatic rings. The Labute approximate surface area is 114 Å². The molecule has 2 atom stereocenters. The average Bonchev–Trinajstić information content (AvgIpc) is 2.38. The van der Waals surface area contributed by atoms with E-state index in [0.29, 0.717) is 5.56 Å². The molecule has 5 nitrogen and oxygen atoms in total. The highest BCUT2D eigenvalue weighted by molar-refractivity contribution is 7.89. The number of aliphatic hydroxyl groups excluding tert-OH is 1. The fourth-order valence-corrected chi connectivity index (χ4v) is 4.44. The molecule has 0 radical (unpaired) electrons. The normalized spacial score (nSPS) is 25.4. The van der Waals surface area contributed by atoms with E-state index in [2.05, 4.69) is 4.98 Å². The second-order valence-electron chi connectivity index (χ2n) is 5.13. The Morgan fingerprint density at radius 1 is 1.32 bits per heavy atom. The van der Waals surface area contributed by atoms with Gasteiger partial charge in [0.25, 0.3) is 10.0 Å². The zero-order chi connectivity index (χ0) is 14.0. The fraction of sp³-hybridized carbons (Fsp3) is 0.615. The van der Waals surface area contributed by atoms with Crippen LogP contribution in [0.2, 0.25) is 0 Å². The molecule has 1 aliphatic heterocycles. The second-order valence-corrected chi connectivity index (χ2v) is 6.92. The SMILES string of the molecule is CC1CCCC(C)N1S(=O)(=O)c1ccc(CO)cn1. The lowest BCUT2D eigenvalue weighted by Gasteiger charge is -2.37. The summed E-state index contributed by atoms with van der Waals surface area (Å²) in [7, 11) is -3.54. The van der Waals surface area contributed by atoms with Gasteiger partial charge in [-0.25, -0.2) is 13.4 Å². The molecule has 0 bridgehead atoms. The van der Waals surface area contributed by atoms with Gasteiger partial charge in [0.1, 0.15) is 0 Å². The summed E-state index contributed by atoms with van der Waals surface area (Å²) in [6.45, 7) is 3.74. The van der Waals surface area contributed by atoms with Gasteiger partial charge in [0.2, 0.25) is 0 Å². The van der Waals surface area contributed by atoms with E-state index in [1.165, 1.54) is 12.3 Å². The van der Waals surface area contributed by atoms with Crippen molar-refractivity contribution in [3.8, 4) is 0 Å². The molecular formula is C13H20N2O3S. The van der Waals surface area contributed by atoms with E-state index in [-0.39, 0.29) is 23.7 Å². The second kappa shape index (κ2) is 5.56. The summed E-state index contributed by atoms with van der Waals surface area (Å²) in [5, 5.41) is 9.02. The molecule has 19 heavy (non-hydrogen) atoms. The van der Waals surface area contributed by atoms with Crippen LogP contribution in [-0.4, -0.2) is 34.9 Å². The van der Waals surface area contributed by atoms with E-state index in [4.69, 9.17) is 5.11 Å². The standard InChI is InChI=1S/C13H20N2O3S/c1-10-4-3-5-11(2)15(10)19(17,18)13-7-6-12(9-16)8-14-13/h6-8,10-11,16H,3-5,9H2,1-2H3. The molecule has 1 fully saturated rings. The first-order chi connectivity index (χ1) is 8.96. The lowest BCUT2D eigenvalue weighted by molar-refractivity contribution is 0.203. The lowest BCUT2D eigenvalue weighted by atomic mass is 10.0. The number of piperidine rings is 1. The van der Waals surface area contributed by atoms with Crippen molar-refractivity contribution in [3.63, 3.8) is 0 Å². The Morgan fingerprint density at radius 3 is 2.42 bits per heavy atom. The third-order valence-electron chi connectivity index (χ3n) is 3.63. The maximum absolute atomic E-state index is 12.6. The molecule has 0 aromatic carbocycles. The number of aliphatic hydroxyl groups is 1. The molecule has 2 heterocycles. The smallest absolute Gasteiger partial charge is 0.261 e. The predicted octanol–water partition coefficient (Wildman–Crippen LogP) is 1.53. The molecule has 0 spiro atoms. The number of rotatable bonds is 3. The number of aromatic nitrogens is 1. The Hall–Kier alpha value is -0.980. The third-order valence-corrected chi connectivity index (χ3v) is 5.68. The van der Waals surface area contributed by atoms with Crippen molar-refractivity contribution < 1.29 is 13.5 Å². The molecule has 6 heteroatoms. The van der Waals surface area contributed by atoms with Crippen molar-refractivity contribution in [2.75, 3.05) is 0 Å². The van der Waals surface area contributed by atoms with Crippen LogP contribution in [0.25, 0.3) is 0 Å². The maximum atomic E-state index is 12.6. The third kappa shape index (κ3) is 2.80. The van der Waals surface area contributed by atoms with Gasteiger partial charge in [0.15, 0.2) is 5.03 Å². The van der Waals surface area contributed by atoms with Gasteiger partial charge in [0, 0.05) is 18.3 Å². The molecule has 1 saturated heterocycles. The Kier molecular flexibility index (Phi) is 4.23. The highest BCUT2D eigenvalue weighted by Crippen LogP contribution is 2.28. The van der Waals surface area contributed by atoms with E-state index >= 15 is 0 Å². The highest BCUT2D eigenvalue weighted by atomic mass is 32.2. The molecule has 1 aromatic rings. The fourth-order valence-electron chi connectivity index (χ4n) is 2.64. The molecule has 0 amide bonds. The minimum atomic E-state index is -3.54. The Bertz CT molecular complexity index is 517. The quantitative estimate of drug-likeness (QED) is 0.913. The van der Waals surface area contributed by atoms with Crippen LogP contribution in [0.5, 0.6) is 0 Å². The zero-order valence-corrected chi connectivity index (χ0v) is 12.1. The average molecular weight is 284 g/mol. The zero-order valence-electron chi connectivity index (χ0n) is 11.3. The summed E-state index contributed by atoms with van der Waals surface area (Å²) in [5.74, 6) is 0. The first-order valence-corrected chi connectivity index (χ1v) is 8.00. The molecule has 106 valence electrons. The van der Waals surface area contributed by atoms with E-state index in [1.54, 1.807) is 10.4 Å². The van der Waals surface area contributed by atoms with Crippen LogP contribution < -0.4 is 0 Å². The van der Waals surface area contributed by atoms with Gasteiger partial charge in [-0.15, -0.1) is 0 Å². The van der Waals surface area contributed by atoms with Crippen molar-refractivity contribution in [1.29, 1.82) is 0 Å². The van der Waals surface area contributed by atoms with Gasteiger partial charge >= 0.3 is 0 Å². The van der Waals surface area contributed by atoms with Crippen LogP contribution in [0, 0.1) is 0 Å². The van der Waals surface area contributed by atoms with Crippen LogP contribution >= 0.6 is 0 Å². The van der Waals surface area contributed by atoms with Crippen molar-refractivity contribution in [1.82, 2.24) is 9.29 Å². The van der Waals surface area contributed by atoms with Crippen molar-refractivity contribution in [2.45, 2.75) is 56.8 Å².